The van der Waals surface area contributed by atoms with Crippen LogP contribution in [-0.4, -0.2) is 33.7 Å². The average Bonchev–Trinajstić information content (AvgIpc) is 2.85. The molecule has 0 unspecified atom stereocenters. The molecule has 0 spiro atoms. The molecule has 0 N–H and O–H groups in total. The first-order valence-corrected chi connectivity index (χ1v) is 8.57. The summed E-state index contributed by atoms with van der Waals surface area (Å²) in [5.41, 5.74) is 2.57. The van der Waals surface area contributed by atoms with E-state index in [1.165, 1.54) is 23.9 Å². The Labute approximate surface area is 146 Å². The fourth-order valence-corrected chi connectivity index (χ4v) is 3.50. The summed E-state index contributed by atoms with van der Waals surface area (Å²) < 4.78 is 15.2. The van der Waals surface area contributed by atoms with E-state index >= 15 is 0 Å². The molecule has 2 aromatic rings. The van der Waals surface area contributed by atoms with Crippen molar-refractivity contribution in [2.45, 2.75) is 33.2 Å². The number of rotatable bonds is 3. The first-order valence-electron chi connectivity index (χ1n) is 8.19. The van der Waals surface area contributed by atoms with Crippen molar-refractivity contribution >= 4 is 17.5 Å². The molecule has 1 saturated heterocycles. The van der Waals surface area contributed by atoms with Crippen LogP contribution < -0.4 is 0 Å². The zero-order valence-corrected chi connectivity index (χ0v) is 14.7. The molecule has 1 fully saturated rings. The van der Waals surface area contributed by atoms with Gasteiger partial charge in [-0.1, -0.05) is 11.6 Å². The fourth-order valence-electron chi connectivity index (χ4n) is 3.26. The van der Waals surface area contributed by atoms with Gasteiger partial charge in [-0.25, -0.2) is 4.39 Å². The lowest BCUT2D eigenvalue weighted by Crippen LogP contribution is -2.39. The van der Waals surface area contributed by atoms with Crippen molar-refractivity contribution < 1.29 is 9.18 Å². The molecule has 0 bridgehead atoms. The largest absolute Gasteiger partial charge is 0.339 e. The molecule has 0 atom stereocenters. The molecule has 24 heavy (non-hydrogen) atoms. The molecule has 0 aliphatic carbocycles. The molecule has 3 rings (SSSR count). The Kier molecular flexibility index (Phi) is 4.90. The molecule has 6 heteroatoms. The molecule has 0 saturated carbocycles. The van der Waals surface area contributed by atoms with E-state index in [-0.39, 0.29) is 10.9 Å². The summed E-state index contributed by atoms with van der Waals surface area (Å²) in [6.07, 6.45) is 1.87. The number of hydrogen-bond donors (Lipinski definition) is 0. The summed E-state index contributed by atoms with van der Waals surface area (Å²) in [4.78, 5) is 14.4. The number of piperidine rings is 1. The van der Waals surface area contributed by atoms with Crippen LogP contribution in [0.5, 0.6) is 0 Å². The third kappa shape index (κ3) is 3.61. The van der Waals surface area contributed by atoms with Gasteiger partial charge in [0.1, 0.15) is 5.82 Å². The standard InChI is InChI=1S/C18H21ClFN3O/c1-12-9-13(2)23(21-12)11-14-5-7-22(8-6-14)18(24)16-4-3-15(20)10-17(16)19/h3-4,9-10,14H,5-8,11H2,1-2H3. The Morgan fingerprint density at radius 1 is 1.29 bits per heavy atom. The Morgan fingerprint density at radius 3 is 2.58 bits per heavy atom. The molecule has 1 amide bonds. The van der Waals surface area contributed by atoms with E-state index in [2.05, 4.69) is 18.1 Å². The van der Waals surface area contributed by atoms with E-state index in [0.717, 1.165) is 25.1 Å². The van der Waals surface area contributed by atoms with Crippen molar-refractivity contribution in [3.8, 4) is 0 Å². The van der Waals surface area contributed by atoms with Crippen LogP contribution in [0.15, 0.2) is 24.3 Å². The third-order valence-electron chi connectivity index (χ3n) is 4.60. The van der Waals surface area contributed by atoms with E-state index in [4.69, 9.17) is 11.6 Å². The topological polar surface area (TPSA) is 38.1 Å². The molecule has 128 valence electrons. The highest BCUT2D eigenvalue weighted by Crippen LogP contribution is 2.24. The predicted octanol–water partition coefficient (Wildman–Crippen LogP) is 3.84. The van der Waals surface area contributed by atoms with Crippen LogP contribution in [0.2, 0.25) is 5.02 Å². The number of amides is 1. The molecule has 1 aliphatic heterocycles. The van der Waals surface area contributed by atoms with Crippen molar-refractivity contribution in [2.75, 3.05) is 13.1 Å². The second-order valence-corrected chi connectivity index (χ2v) is 6.88. The summed E-state index contributed by atoms with van der Waals surface area (Å²) in [5, 5.41) is 4.68. The second kappa shape index (κ2) is 6.93. The number of carbonyl (C=O) groups excluding carboxylic acids is 1. The Bertz CT molecular complexity index is 751. The van der Waals surface area contributed by atoms with Gasteiger partial charge in [-0.05, 0) is 56.9 Å². The van der Waals surface area contributed by atoms with Gasteiger partial charge < -0.3 is 4.90 Å². The van der Waals surface area contributed by atoms with E-state index in [9.17, 15) is 9.18 Å². The Morgan fingerprint density at radius 2 is 2.00 bits per heavy atom. The Balaban J connectivity index is 1.60. The van der Waals surface area contributed by atoms with Gasteiger partial charge in [0.2, 0.25) is 0 Å². The predicted molar refractivity (Wildman–Crippen MR) is 91.7 cm³/mol. The number of nitrogens with zero attached hydrogens (tertiary/aromatic N) is 3. The summed E-state index contributed by atoms with van der Waals surface area (Å²) in [6, 6.07) is 6.00. The maximum atomic E-state index is 13.1. The van der Waals surface area contributed by atoms with E-state index in [1.54, 1.807) is 4.90 Å². The summed E-state index contributed by atoms with van der Waals surface area (Å²) >= 11 is 6.00. The first-order chi connectivity index (χ1) is 11.4. The van der Waals surface area contributed by atoms with Crippen molar-refractivity contribution in [3.63, 3.8) is 0 Å². The van der Waals surface area contributed by atoms with Gasteiger partial charge in [-0.2, -0.15) is 5.10 Å². The van der Waals surface area contributed by atoms with E-state index in [0.29, 0.717) is 24.6 Å². The number of carbonyl (C=O) groups is 1. The zero-order valence-electron chi connectivity index (χ0n) is 13.9. The number of hydrogen-bond acceptors (Lipinski definition) is 2. The molecule has 1 aromatic heterocycles. The second-order valence-electron chi connectivity index (χ2n) is 6.47. The lowest BCUT2D eigenvalue weighted by molar-refractivity contribution is 0.0681. The SMILES string of the molecule is Cc1cc(C)n(CC2CCN(C(=O)c3ccc(F)cc3Cl)CC2)n1. The minimum absolute atomic E-state index is 0.121. The number of halogens is 2. The third-order valence-corrected chi connectivity index (χ3v) is 4.91. The monoisotopic (exact) mass is 349 g/mol. The number of benzene rings is 1. The first kappa shape index (κ1) is 17.0. The van der Waals surface area contributed by atoms with Gasteiger partial charge in [0.05, 0.1) is 16.3 Å². The minimum Gasteiger partial charge on any atom is -0.339 e. The van der Waals surface area contributed by atoms with Crippen molar-refractivity contribution in [3.05, 3.63) is 52.1 Å². The van der Waals surface area contributed by atoms with Crippen LogP contribution in [0, 0.1) is 25.6 Å². The number of likely N-dealkylation sites (tertiary alicyclic amines) is 1. The molecular formula is C18H21ClFN3O. The number of aryl methyl sites for hydroxylation is 2. The van der Waals surface area contributed by atoms with Gasteiger partial charge in [-0.15, -0.1) is 0 Å². The van der Waals surface area contributed by atoms with E-state index < -0.39 is 5.82 Å². The van der Waals surface area contributed by atoms with Crippen LogP contribution in [-0.2, 0) is 6.54 Å². The van der Waals surface area contributed by atoms with Gasteiger partial charge in [0.15, 0.2) is 0 Å². The van der Waals surface area contributed by atoms with Crippen LogP contribution in [0.3, 0.4) is 0 Å². The summed E-state index contributed by atoms with van der Waals surface area (Å²) in [6.45, 7) is 6.33. The zero-order chi connectivity index (χ0) is 17.3. The quantitative estimate of drug-likeness (QED) is 0.844. The minimum atomic E-state index is -0.430. The van der Waals surface area contributed by atoms with Crippen LogP contribution in [0.1, 0.15) is 34.6 Å². The number of aromatic nitrogens is 2. The van der Waals surface area contributed by atoms with Crippen molar-refractivity contribution in [1.82, 2.24) is 14.7 Å². The maximum absolute atomic E-state index is 13.1. The Hall–Kier alpha value is -1.88. The van der Waals surface area contributed by atoms with Crippen molar-refractivity contribution in [2.24, 2.45) is 5.92 Å². The lowest BCUT2D eigenvalue weighted by Gasteiger charge is -2.32. The van der Waals surface area contributed by atoms with Gasteiger partial charge in [-0.3, -0.25) is 9.48 Å². The highest BCUT2D eigenvalue weighted by atomic mass is 35.5. The maximum Gasteiger partial charge on any atom is 0.255 e. The molecule has 4 nitrogen and oxygen atoms in total. The summed E-state index contributed by atoms with van der Waals surface area (Å²) in [7, 11) is 0. The highest BCUT2D eigenvalue weighted by molar-refractivity contribution is 6.33. The van der Waals surface area contributed by atoms with Crippen LogP contribution in [0.4, 0.5) is 4.39 Å². The van der Waals surface area contributed by atoms with E-state index in [1.807, 2.05) is 11.6 Å². The summed E-state index contributed by atoms with van der Waals surface area (Å²) in [5.74, 6) is -0.0413. The molecule has 1 aromatic carbocycles. The van der Waals surface area contributed by atoms with Gasteiger partial charge in [0.25, 0.3) is 5.91 Å². The fraction of sp³-hybridized carbons (Fsp3) is 0.444. The highest BCUT2D eigenvalue weighted by Gasteiger charge is 2.25. The van der Waals surface area contributed by atoms with Crippen LogP contribution in [0.25, 0.3) is 0 Å². The lowest BCUT2D eigenvalue weighted by atomic mass is 9.96. The van der Waals surface area contributed by atoms with Gasteiger partial charge in [0, 0.05) is 25.3 Å². The molecular weight excluding hydrogens is 329 g/mol. The normalized spacial score (nSPS) is 15.8. The molecule has 1 aliphatic rings. The smallest absolute Gasteiger partial charge is 0.255 e. The van der Waals surface area contributed by atoms with Gasteiger partial charge >= 0.3 is 0 Å². The van der Waals surface area contributed by atoms with Crippen molar-refractivity contribution in [1.29, 1.82) is 0 Å². The molecule has 2 heterocycles. The van der Waals surface area contributed by atoms with Crippen LogP contribution >= 0.6 is 11.6 Å². The molecule has 0 radical (unpaired) electrons. The average molecular weight is 350 g/mol.